The van der Waals surface area contributed by atoms with Gasteiger partial charge in [0.15, 0.2) is 0 Å². The molecule has 1 unspecified atom stereocenters. The first kappa shape index (κ1) is 4.05. The van der Waals surface area contributed by atoms with Crippen LogP contribution in [0.15, 0.2) is 0 Å². The average Bonchev–Trinajstić information content (AvgIpc) is 1.86. The molecule has 0 aromatic heterocycles. The Morgan fingerprint density at radius 1 is 1.83 bits per heavy atom. The van der Waals surface area contributed by atoms with Crippen molar-refractivity contribution >= 4 is 0 Å². The summed E-state index contributed by atoms with van der Waals surface area (Å²) in [6.45, 7) is 1.40. The Hall–Kier alpha value is -0.120. The van der Waals surface area contributed by atoms with E-state index in [4.69, 9.17) is 10.5 Å². The van der Waals surface area contributed by atoms with E-state index in [1.165, 1.54) is 0 Å². The molecule has 0 aromatic rings. The molecule has 1 rings (SSSR count). The molecule has 1 fully saturated rings. The molecular weight excluding hydrogens is 80.0 g/mol. The van der Waals surface area contributed by atoms with Crippen LogP contribution in [0.3, 0.4) is 0 Å². The minimum atomic E-state index is -0.0648. The third-order valence-electron chi connectivity index (χ3n) is 0.745. The Morgan fingerprint density at radius 3 is 2.83 bits per heavy atom. The van der Waals surface area contributed by atoms with Gasteiger partial charge in [0.25, 0.3) is 0 Å². The smallest absolute Gasteiger partial charge is 0.120 e. The van der Waals surface area contributed by atoms with Gasteiger partial charge in [-0.15, -0.1) is 0 Å². The molecule has 0 radical (unpaired) electrons. The highest BCUT2D eigenvalue weighted by Crippen LogP contribution is 1.84. The average molecular weight is 88.1 g/mol. The van der Waals surface area contributed by atoms with Crippen molar-refractivity contribution in [2.45, 2.75) is 6.23 Å². The van der Waals surface area contributed by atoms with Gasteiger partial charge in [0.2, 0.25) is 0 Å². The first-order valence-electron chi connectivity index (χ1n) is 1.97. The van der Waals surface area contributed by atoms with Gasteiger partial charge in [-0.05, 0) is 0 Å². The lowest BCUT2D eigenvalue weighted by Crippen LogP contribution is -2.23. The van der Waals surface area contributed by atoms with Gasteiger partial charge in [-0.25, -0.2) is 0 Å². The molecule has 0 amide bonds. The monoisotopic (exact) mass is 88.1 g/mol. The van der Waals surface area contributed by atoms with Gasteiger partial charge >= 0.3 is 0 Å². The van der Waals surface area contributed by atoms with Crippen LogP contribution in [0.2, 0.25) is 0 Å². The first-order chi connectivity index (χ1) is 2.89. The number of hydrogen-bond donors (Lipinski definition) is 2. The fourth-order valence-corrected chi connectivity index (χ4v) is 0.426. The van der Waals surface area contributed by atoms with Crippen LogP contribution in [0.4, 0.5) is 0 Å². The maximum absolute atomic E-state index is 5.25. The van der Waals surface area contributed by atoms with Gasteiger partial charge in [0.05, 0.1) is 6.73 Å². The maximum Gasteiger partial charge on any atom is 0.120 e. The van der Waals surface area contributed by atoms with E-state index in [1.54, 1.807) is 0 Å². The molecule has 1 aliphatic heterocycles. The van der Waals surface area contributed by atoms with Crippen LogP contribution in [0, 0.1) is 0 Å². The highest BCUT2D eigenvalue weighted by atomic mass is 16.5. The van der Waals surface area contributed by atoms with Crippen LogP contribution in [0.5, 0.6) is 0 Å². The lowest BCUT2D eigenvalue weighted by atomic mass is 10.6. The van der Waals surface area contributed by atoms with E-state index in [-0.39, 0.29) is 6.23 Å². The van der Waals surface area contributed by atoms with Gasteiger partial charge in [0.1, 0.15) is 6.23 Å². The van der Waals surface area contributed by atoms with Crippen LogP contribution in [0.25, 0.3) is 0 Å². The van der Waals surface area contributed by atoms with Crippen molar-refractivity contribution in [3.05, 3.63) is 0 Å². The molecule has 1 atom stereocenters. The Bertz CT molecular complexity index is 42.1. The summed E-state index contributed by atoms with van der Waals surface area (Å²) in [4.78, 5) is 0. The van der Waals surface area contributed by atoms with Crippen molar-refractivity contribution in [2.24, 2.45) is 5.73 Å². The summed E-state index contributed by atoms with van der Waals surface area (Å²) < 4.78 is 4.82. The Morgan fingerprint density at radius 2 is 2.67 bits per heavy atom. The van der Waals surface area contributed by atoms with Crippen LogP contribution in [-0.4, -0.2) is 19.5 Å². The van der Waals surface area contributed by atoms with Crippen LogP contribution in [0.1, 0.15) is 0 Å². The van der Waals surface area contributed by atoms with E-state index >= 15 is 0 Å². The van der Waals surface area contributed by atoms with Crippen molar-refractivity contribution in [1.82, 2.24) is 5.32 Å². The van der Waals surface area contributed by atoms with Gasteiger partial charge < -0.3 is 10.5 Å². The molecule has 1 aliphatic rings. The molecule has 3 heteroatoms. The van der Waals surface area contributed by atoms with E-state index in [0.717, 1.165) is 6.54 Å². The molecular formula is C3H8N2O. The number of nitrogens with two attached hydrogens (primary N) is 1. The number of ether oxygens (including phenoxy) is 1. The van der Waals surface area contributed by atoms with Crippen molar-refractivity contribution in [3.8, 4) is 0 Å². The fraction of sp³-hybridized carbons (Fsp3) is 1.00. The molecule has 6 heavy (non-hydrogen) atoms. The van der Waals surface area contributed by atoms with Crippen molar-refractivity contribution in [3.63, 3.8) is 0 Å². The lowest BCUT2D eigenvalue weighted by Gasteiger charge is -1.93. The van der Waals surface area contributed by atoms with Crippen molar-refractivity contribution in [1.29, 1.82) is 0 Å². The summed E-state index contributed by atoms with van der Waals surface area (Å²) in [5.41, 5.74) is 5.25. The van der Waals surface area contributed by atoms with Crippen molar-refractivity contribution < 1.29 is 4.74 Å². The Labute approximate surface area is 36.5 Å². The van der Waals surface area contributed by atoms with Crippen LogP contribution in [-0.2, 0) is 4.74 Å². The second-order valence-corrected chi connectivity index (χ2v) is 1.30. The minimum absolute atomic E-state index is 0.0648. The summed E-state index contributed by atoms with van der Waals surface area (Å²) in [5.74, 6) is 0. The molecule has 0 bridgehead atoms. The largest absolute Gasteiger partial charge is 0.347 e. The third kappa shape index (κ3) is 0.680. The molecule has 3 nitrogen and oxygen atoms in total. The zero-order valence-corrected chi connectivity index (χ0v) is 3.48. The zero-order valence-electron chi connectivity index (χ0n) is 3.48. The van der Waals surface area contributed by atoms with Crippen LogP contribution < -0.4 is 11.1 Å². The second-order valence-electron chi connectivity index (χ2n) is 1.30. The van der Waals surface area contributed by atoms with E-state index in [0.29, 0.717) is 6.73 Å². The predicted molar refractivity (Wildman–Crippen MR) is 21.9 cm³/mol. The highest BCUT2D eigenvalue weighted by Gasteiger charge is 2.06. The summed E-state index contributed by atoms with van der Waals surface area (Å²) in [6.07, 6.45) is -0.0648. The minimum Gasteiger partial charge on any atom is -0.347 e. The summed E-state index contributed by atoms with van der Waals surface area (Å²) >= 11 is 0. The predicted octanol–water partition coefficient (Wildman–Crippen LogP) is -1.15. The van der Waals surface area contributed by atoms with Gasteiger partial charge in [-0.1, -0.05) is 0 Å². The Balaban J connectivity index is 2.18. The quantitative estimate of drug-likeness (QED) is 0.393. The van der Waals surface area contributed by atoms with E-state index < -0.39 is 0 Å². The second kappa shape index (κ2) is 1.55. The first-order valence-corrected chi connectivity index (χ1v) is 1.97. The molecule has 0 aromatic carbocycles. The standard InChI is InChI=1S/C3H8N2O/c4-3-1-5-2-6-3/h3,5H,1-2,4H2. The molecule has 3 N–H and O–H groups in total. The van der Waals surface area contributed by atoms with E-state index in [9.17, 15) is 0 Å². The molecule has 0 aliphatic carbocycles. The van der Waals surface area contributed by atoms with Gasteiger partial charge in [0, 0.05) is 6.54 Å². The Kier molecular flexibility index (Phi) is 1.05. The lowest BCUT2D eigenvalue weighted by molar-refractivity contribution is 0.118. The topological polar surface area (TPSA) is 47.3 Å². The fourth-order valence-electron chi connectivity index (χ4n) is 0.426. The third-order valence-corrected chi connectivity index (χ3v) is 0.745. The normalized spacial score (nSPS) is 34.5. The summed E-state index contributed by atoms with van der Waals surface area (Å²) in [5, 5.41) is 2.92. The van der Waals surface area contributed by atoms with Gasteiger partial charge in [-0.3, -0.25) is 5.32 Å². The van der Waals surface area contributed by atoms with Crippen LogP contribution >= 0.6 is 0 Å². The molecule has 0 spiro atoms. The number of hydrogen-bond acceptors (Lipinski definition) is 3. The molecule has 1 saturated heterocycles. The SMILES string of the molecule is NC1CNCO1. The van der Waals surface area contributed by atoms with E-state index in [2.05, 4.69) is 5.32 Å². The van der Waals surface area contributed by atoms with E-state index in [1.807, 2.05) is 0 Å². The molecule has 0 saturated carbocycles. The number of rotatable bonds is 0. The summed E-state index contributed by atoms with van der Waals surface area (Å²) in [7, 11) is 0. The maximum atomic E-state index is 5.25. The number of nitrogens with one attached hydrogen (secondary N) is 1. The molecule has 1 heterocycles. The molecule has 36 valence electrons. The van der Waals surface area contributed by atoms with Gasteiger partial charge in [-0.2, -0.15) is 0 Å². The van der Waals surface area contributed by atoms with Crippen molar-refractivity contribution in [2.75, 3.05) is 13.3 Å². The zero-order chi connectivity index (χ0) is 4.41. The highest BCUT2D eigenvalue weighted by molar-refractivity contribution is 4.55. The summed E-state index contributed by atoms with van der Waals surface area (Å²) in [6, 6.07) is 0.